The molecule has 1 aromatic heterocycles. The molecule has 7 heterocycles. The Morgan fingerprint density at radius 2 is 1.72 bits per heavy atom. The van der Waals surface area contributed by atoms with Gasteiger partial charge in [-0.15, -0.1) is 0 Å². The van der Waals surface area contributed by atoms with E-state index in [0.29, 0.717) is 64.4 Å². The van der Waals surface area contributed by atoms with Crippen molar-refractivity contribution in [2.24, 2.45) is 27.7 Å². The van der Waals surface area contributed by atoms with Crippen LogP contribution in [0.3, 0.4) is 0 Å². The molecular formula is C54H69N7O11. The van der Waals surface area contributed by atoms with Gasteiger partial charge in [-0.1, -0.05) is 52.0 Å². The molecule has 2 aromatic carbocycles. The first-order valence-electron chi connectivity index (χ1n) is 25.3. The Morgan fingerprint density at radius 3 is 2.44 bits per heavy atom. The molecule has 386 valence electrons. The number of benzene rings is 2. The first kappa shape index (κ1) is 52.0. The second-order valence-corrected chi connectivity index (χ2v) is 20.6. The molecule has 0 saturated carbocycles. The van der Waals surface area contributed by atoms with E-state index in [9.17, 15) is 39.6 Å². The largest absolute Gasteiger partial charge is 0.507 e. The van der Waals surface area contributed by atoms with Crippen LogP contribution in [0.25, 0.3) is 10.8 Å². The summed E-state index contributed by atoms with van der Waals surface area (Å²) in [5.74, 6) is -5.00. The summed E-state index contributed by atoms with van der Waals surface area (Å²) in [5.41, 5.74) is -0.598. The number of phenolic OH excluding ortho intramolecular Hbond substituents is 2. The number of ketones is 1. The maximum Gasteiger partial charge on any atom is 0.315 e. The van der Waals surface area contributed by atoms with Crippen molar-refractivity contribution in [2.75, 3.05) is 56.0 Å². The lowest BCUT2D eigenvalue weighted by atomic mass is 9.86. The predicted molar refractivity (Wildman–Crippen MR) is 269 cm³/mol. The lowest BCUT2D eigenvalue weighted by Gasteiger charge is -2.36. The molecule has 6 aliphatic heterocycles. The molecule has 0 aliphatic carbocycles. The Balaban J connectivity index is 1.09. The summed E-state index contributed by atoms with van der Waals surface area (Å²) in [5, 5.41) is 50.3. The number of carbonyl (C=O) groups excluding carboxylic acids is 4. The van der Waals surface area contributed by atoms with E-state index < -0.39 is 71.4 Å². The molecule has 2 amide bonds. The number of allylic oxidation sites excluding steroid dienone is 3. The maximum atomic E-state index is 14.8. The number of ether oxygens (including phenoxy) is 3. The zero-order chi connectivity index (χ0) is 51.6. The van der Waals surface area contributed by atoms with Gasteiger partial charge in [0, 0.05) is 107 Å². The first-order chi connectivity index (χ1) is 34.3. The van der Waals surface area contributed by atoms with Crippen LogP contribution in [0.5, 0.6) is 17.2 Å². The van der Waals surface area contributed by atoms with Crippen molar-refractivity contribution < 1.29 is 53.8 Å². The van der Waals surface area contributed by atoms with E-state index in [1.165, 1.54) is 13.2 Å². The number of nitrogens with zero attached hydrogens (tertiary/aromatic N) is 6. The van der Waals surface area contributed by atoms with Gasteiger partial charge in [0.25, 0.3) is 11.7 Å². The normalized spacial score (nSPS) is 27.8. The van der Waals surface area contributed by atoms with Gasteiger partial charge in [-0.25, -0.2) is 4.98 Å². The molecule has 6 atom stereocenters. The van der Waals surface area contributed by atoms with E-state index in [0.717, 1.165) is 12.4 Å². The average Bonchev–Trinajstić information content (AvgIpc) is 3.71. The zero-order valence-electron chi connectivity index (χ0n) is 42.4. The number of piperidine rings is 1. The van der Waals surface area contributed by atoms with Gasteiger partial charge < -0.3 is 54.7 Å². The second kappa shape index (κ2) is 21.4. The number of carbonyl (C=O) groups is 4. The van der Waals surface area contributed by atoms with Gasteiger partial charge in [0.15, 0.2) is 11.4 Å². The molecule has 2 unspecified atom stereocenters. The van der Waals surface area contributed by atoms with E-state index in [2.05, 4.69) is 33.9 Å². The summed E-state index contributed by atoms with van der Waals surface area (Å²) in [6.07, 6.45) is 8.10. The van der Waals surface area contributed by atoms with E-state index >= 15 is 0 Å². The monoisotopic (exact) mass is 992 g/mol. The summed E-state index contributed by atoms with van der Waals surface area (Å²) in [6.45, 7) is 16.8. The van der Waals surface area contributed by atoms with E-state index in [1.807, 2.05) is 18.2 Å². The Labute approximate surface area is 419 Å². The van der Waals surface area contributed by atoms with Crippen molar-refractivity contribution in [1.29, 1.82) is 0 Å². The number of aliphatic hydroxyl groups excluding tert-OH is 2. The van der Waals surface area contributed by atoms with Crippen molar-refractivity contribution in [3.63, 3.8) is 0 Å². The minimum atomic E-state index is -1.94. The Morgan fingerprint density at radius 1 is 0.972 bits per heavy atom. The summed E-state index contributed by atoms with van der Waals surface area (Å²) >= 11 is 0. The molecule has 1 spiro atoms. The topological polar surface area (TPSA) is 236 Å². The highest BCUT2D eigenvalue weighted by molar-refractivity contribution is 6.19. The third-order valence-corrected chi connectivity index (χ3v) is 14.7. The Kier molecular flexibility index (Phi) is 15.4. The zero-order valence-corrected chi connectivity index (χ0v) is 42.4. The van der Waals surface area contributed by atoms with E-state index in [-0.39, 0.29) is 80.5 Å². The number of aliphatic hydroxyl groups is 2. The first-order valence-corrected chi connectivity index (χ1v) is 25.3. The number of anilines is 2. The van der Waals surface area contributed by atoms with Crippen LogP contribution < -0.4 is 25.7 Å². The van der Waals surface area contributed by atoms with Crippen LogP contribution in [0.1, 0.15) is 102 Å². The smallest absolute Gasteiger partial charge is 0.315 e. The van der Waals surface area contributed by atoms with Crippen molar-refractivity contribution in [3.8, 4) is 17.2 Å². The lowest BCUT2D eigenvalue weighted by molar-refractivity contribution is -0.155. The van der Waals surface area contributed by atoms with Crippen molar-refractivity contribution in [1.82, 2.24) is 14.8 Å². The number of amides is 2. The number of aromatic nitrogens is 1. The molecule has 5 bridgehead atoms. The van der Waals surface area contributed by atoms with Gasteiger partial charge in [-0.3, -0.25) is 29.2 Å². The van der Waals surface area contributed by atoms with E-state index in [4.69, 9.17) is 24.2 Å². The van der Waals surface area contributed by atoms with Gasteiger partial charge in [-0.05, 0) is 57.2 Å². The fraction of sp³-hybridized carbons (Fsp3) is 0.537. The number of likely N-dealkylation sites (tertiary alicyclic amines) is 1. The molecule has 5 N–H and O–H groups in total. The van der Waals surface area contributed by atoms with Crippen molar-refractivity contribution >= 4 is 45.8 Å². The number of Topliss-reactive ketones (excluding diaryl/α,β-unsaturated/α-hetero) is 1. The molecule has 18 heteroatoms. The number of aromatic hydroxyl groups is 2. The number of phenols is 2. The second-order valence-electron chi connectivity index (χ2n) is 20.6. The fourth-order valence-electron chi connectivity index (χ4n) is 10.4. The summed E-state index contributed by atoms with van der Waals surface area (Å²) in [4.78, 5) is 76.6. The van der Waals surface area contributed by atoms with Crippen LogP contribution in [-0.4, -0.2) is 134 Å². The lowest BCUT2D eigenvalue weighted by Crippen LogP contribution is -2.43. The molecule has 2 saturated heterocycles. The number of hydrogen-bond acceptors (Lipinski definition) is 16. The summed E-state index contributed by atoms with van der Waals surface area (Å²) in [6, 6.07) is 5.68. The Bertz CT molecular complexity index is 2810. The molecule has 2 fully saturated rings. The van der Waals surface area contributed by atoms with Crippen molar-refractivity contribution in [2.45, 2.75) is 123 Å². The number of esters is 1. The van der Waals surface area contributed by atoms with Crippen LogP contribution in [0.2, 0.25) is 0 Å². The minimum absolute atomic E-state index is 0.0381. The quantitative estimate of drug-likeness (QED) is 0.122. The van der Waals surface area contributed by atoms with Gasteiger partial charge >= 0.3 is 11.8 Å². The number of rotatable bonds is 6. The van der Waals surface area contributed by atoms with Crippen LogP contribution in [0.4, 0.5) is 11.5 Å². The molecule has 72 heavy (non-hydrogen) atoms. The third-order valence-electron chi connectivity index (χ3n) is 14.7. The maximum absolute atomic E-state index is 14.8. The highest BCUT2D eigenvalue weighted by Crippen LogP contribution is 2.50. The van der Waals surface area contributed by atoms with Gasteiger partial charge in [0.2, 0.25) is 5.91 Å². The molecule has 9 rings (SSSR count). The van der Waals surface area contributed by atoms with Crippen LogP contribution in [0, 0.1) is 24.7 Å². The van der Waals surface area contributed by atoms with Crippen LogP contribution in [0.15, 0.2) is 70.5 Å². The number of pyridine rings is 1. The van der Waals surface area contributed by atoms with E-state index in [1.54, 1.807) is 63.1 Å². The number of nitrogens with one attached hydrogen (secondary N) is 1. The van der Waals surface area contributed by atoms with Crippen molar-refractivity contribution in [3.05, 3.63) is 82.4 Å². The van der Waals surface area contributed by atoms with Gasteiger partial charge in [-0.2, -0.15) is 0 Å². The van der Waals surface area contributed by atoms with Gasteiger partial charge in [0.1, 0.15) is 40.9 Å². The standard InChI is InChI=1S/C54H69N7O11/c1-31(2)30-59-23-18-54(19-24-59)57-44-41-42-48(66)35(6)50-43(41)51(68)53(7,72-50)70-27-11-9-16-36(71-40(64)29-39(63)61-22-13-21-60(25-26-61)38-17-8-10-20-55-38)28-37(62)34(5)47(65)32(3)14-12-15-33(4)52(69)56-46(49(42)67)45(44)58-54/h8,10-12,14-15,17,20,27,31-32,34,36-37,47,62,65-67H,9,13,16,18-19,21-26,28-30H2,1-7H3,(H,56,69)/b14-12+,27-11+,33-15-/t32?,34-,36+,37?,47-,53-/m0/s1. The number of hydrogen-bond donors (Lipinski definition) is 5. The highest BCUT2D eigenvalue weighted by atomic mass is 16.7. The summed E-state index contributed by atoms with van der Waals surface area (Å²) in [7, 11) is 0. The van der Waals surface area contributed by atoms with Gasteiger partial charge in [0.05, 0.1) is 34.8 Å². The Hall–Kier alpha value is -6.37. The SMILES string of the molecule is C/C1=C/C=C/C(C)[C@H](O)[C@@H](C)C(O)C[C@H](OC(=O)CC(=O)N2CCCN(c3ccccn3)CC2)CC/C=C/O[C@@]2(C)Oc3c(C)c(O)c4c(O)c(c5c(c4c3C2=O)=NC2(CCN(CC(C)C)CC2)N=5)NC1=O. The molecule has 0 radical (unpaired) electrons. The average molecular weight is 992 g/mol. The summed E-state index contributed by atoms with van der Waals surface area (Å²) < 4.78 is 18.3. The number of fused-ring (bicyclic) bond motifs is 13. The molecular weight excluding hydrogens is 923 g/mol. The molecule has 6 aliphatic rings. The highest BCUT2D eigenvalue weighted by Gasteiger charge is 2.50. The molecule has 18 nitrogen and oxygen atoms in total. The predicted octanol–water partition coefficient (Wildman–Crippen LogP) is 5.14. The minimum Gasteiger partial charge on any atom is -0.507 e. The van der Waals surface area contributed by atoms with Crippen LogP contribution >= 0.6 is 0 Å². The van der Waals surface area contributed by atoms with Crippen LogP contribution in [-0.2, 0) is 23.9 Å². The molecule has 3 aromatic rings. The fourth-order valence-corrected chi connectivity index (χ4v) is 10.4. The third kappa shape index (κ3) is 10.7.